The van der Waals surface area contributed by atoms with Crippen molar-refractivity contribution in [3.05, 3.63) is 33.8 Å². The van der Waals surface area contributed by atoms with Crippen LogP contribution in [-0.4, -0.2) is 6.04 Å². The quantitative estimate of drug-likeness (QED) is 0.890. The summed E-state index contributed by atoms with van der Waals surface area (Å²) >= 11 is 3.24. The van der Waals surface area contributed by atoms with Crippen molar-refractivity contribution in [3.63, 3.8) is 0 Å². The molecule has 0 fully saturated rings. The van der Waals surface area contributed by atoms with Gasteiger partial charge in [-0.2, -0.15) is 13.2 Å². The lowest BCUT2D eigenvalue weighted by molar-refractivity contribution is -0.137. The summed E-state index contributed by atoms with van der Waals surface area (Å²) in [6.45, 7) is 4.31. The first-order chi connectivity index (χ1) is 7.30. The largest absolute Gasteiger partial charge is 0.416 e. The average molecular weight is 296 g/mol. The minimum atomic E-state index is -4.28. The number of nitrogens with one attached hydrogen (secondary N) is 1. The van der Waals surface area contributed by atoms with Crippen molar-refractivity contribution in [3.8, 4) is 0 Å². The molecule has 1 N–H and O–H groups in total. The van der Waals surface area contributed by atoms with Crippen LogP contribution < -0.4 is 5.32 Å². The molecule has 0 unspecified atom stereocenters. The predicted octanol–water partition coefficient (Wildman–Crippen LogP) is 3.97. The first-order valence-electron chi connectivity index (χ1n) is 4.89. The van der Waals surface area contributed by atoms with Crippen molar-refractivity contribution in [1.82, 2.24) is 5.32 Å². The third kappa shape index (κ3) is 3.79. The molecular formula is C11H13BrF3N. The van der Waals surface area contributed by atoms with E-state index >= 15 is 0 Å². The van der Waals surface area contributed by atoms with Gasteiger partial charge in [0.15, 0.2) is 0 Å². The fraction of sp³-hybridized carbons (Fsp3) is 0.455. The van der Waals surface area contributed by atoms with Gasteiger partial charge < -0.3 is 5.32 Å². The number of benzene rings is 1. The fourth-order valence-corrected chi connectivity index (χ4v) is 1.59. The van der Waals surface area contributed by atoms with Gasteiger partial charge in [0.2, 0.25) is 0 Å². The average Bonchev–Trinajstić information content (AvgIpc) is 2.14. The van der Waals surface area contributed by atoms with Gasteiger partial charge in [-0.1, -0.05) is 29.8 Å². The van der Waals surface area contributed by atoms with Crippen LogP contribution in [-0.2, 0) is 12.7 Å². The molecule has 1 aromatic rings. The lowest BCUT2D eigenvalue weighted by atomic mass is 10.1. The van der Waals surface area contributed by atoms with Crippen LogP contribution in [0.2, 0.25) is 0 Å². The van der Waals surface area contributed by atoms with Crippen LogP contribution in [0.5, 0.6) is 0 Å². The normalized spacial score (nSPS) is 12.2. The molecule has 0 aromatic heterocycles. The highest BCUT2D eigenvalue weighted by Crippen LogP contribution is 2.31. The Morgan fingerprint density at radius 3 is 2.44 bits per heavy atom. The van der Waals surface area contributed by atoms with E-state index in [0.29, 0.717) is 16.6 Å². The Morgan fingerprint density at radius 2 is 1.94 bits per heavy atom. The molecular weight excluding hydrogens is 283 g/mol. The van der Waals surface area contributed by atoms with Crippen molar-refractivity contribution < 1.29 is 13.2 Å². The van der Waals surface area contributed by atoms with E-state index in [4.69, 9.17) is 0 Å². The lowest BCUT2D eigenvalue weighted by Crippen LogP contribution is -2.22. The maximum Gasteiger partial charge on any atom is 0.416 e. The first kappa shape index (κ1) is 13.5. The molecule has 0 aliphatic rings. The van der Waals surface area contributed by atoms with Gasteiger partial charge in [-0.3, -0.25) is 0 Å². The van der Waals surface area contributed by atoms with E-state index in [1.54, 1.807) is 0 Å². The van der Waals surface area contributed by atoms with Crippen LogP contribution in [0.3, 0.4) is 0 Å². The molecule has 0 aliphatic heterocycles. The number of rotatable bonds is 3. The minimum Gasteiger partial charge on any atom is -0.310 e. The number of alkyl halides is 3. The van der Waals surface area contributed by atoms with E-state index < -0.39 is 11.7 Å². The van der Waals surface area contributed by atoms with E-state index in [1.807, 2.05) is 13.8 Å². The molecule has 0 spiro atoms. The highest BCUT2D eigenvalue weighted by atomic mass is 79.9. The third-order valence-corrected chi connectivity index (χ3v) is 2.85. The fourth-order valence-electron chi connectivity index (χ4n) is 1.20. The Balaban J connectivity index is 2.91. The summed E-state index contributed by atoms with van der Waals surface area (Å²) in [5.74, 6) is 0. The molecule has 0 amide bonds. The van der Waals surface area contributed by atoms with Gasteiger partial charge in [-0.25, -0.2) is 0 Å². The summed E-state index contributed by atoms with van der Waals surface area (Å²) in [5, 5.41) is 3.08. The molecule has 0 heterocycles. The summed E-state index contributed by atoms with van der Waals surface area (Å²) in [5.41, 5.74) is -0.000203. The summed E-state index contributed by atoms with van der Waals surface area (Å²) in [6.07, 6.45) is -4.28. The highest BCUT2D eigenvalue weighted by Gasteiger charge is 2.30. The number of hydrogen-bond donors (Lipinski definition) is 1. The molecule has 0 saturated carbocycles. The number of hydrogen-bond acceptors (Lipinski definition) is 1. The molecule has 16 heavy (non-hydrogen) atoms. The van der Waals surface area contributed by atoms with Gasteiger partial charge in [0, 0.05) is 17.1 Å². The predicted molar refractivity (Wildman–Crippen MR) is 61.1 cm³/mol. The van der Waals surface area contributed by atoms with Crippen molar-refractivity contribution in [2.75, 3.05) is 0 Å². The standard InChI is InChI=1S/C11H13BrF3N/c1-7(2)16-6-8-5-9(11(13,14)15)3-4-10(8)12/h3-5,7,16H,6H2,1-2H3. The Morgan fingerprint density at radius 1 is 1.31 bits per heavy atom. The van der Waals surface area contributed by atoms with Crippen molar-refractivity contribution in [2.45, 2.75) is 32.6 Å². The lowest BCUT2D eigenvalue weighted by Gasteiger charge is -2.12. The van der Waals surface area contributed by atoms with E-state index in [0.717, 1.165) is 6.07 Å². The zero-order valence-electron chi connectivity index (χ0n) is 9.03. The SMILES string of the molecule is CC(C)NCc1cc(C(F)(F)F)ccc1Br. The second-order valence-corrected chi connectivity index (χ2v) is 4.69. The maximum absolute atomic E-state index is 12.5. The first-order valence-corrected chi connectivity index (χ1v) is 5.69. The molecule has 0 radical (unpaired) electrons. The second kappa shape index (κ2) is 5.19. The molecule has 1 nitrogen and oxygen atoms in total. The minimum absolute atomic E-state index is 0.237. The zero-order valence-corrected chi connectivity index (χ0v) is 10.6. The van der Waals surface area contributed by atoms with E-state index in [2.05, 4.69) is 21.2 Å². The molecule has 5 heteroatoms. The molecule has 90 valence electrons. The van der Waals surface area contributed by atoms with E-state index in [9.17, 15) is 13.2 Å². The van der Waals surface area contributed by atoms with Crippen LogP contribution in [0.15, 0.2) is 22.7 Å². The van der Waals surface area contributed by atoms with Crippen molar-refractivity contribution in [2.24, 2.45) is 0 Å². The second-order valence-electron chi connectivity index (χ2n) is 3.84. The van der Waals surface area contributed by atoms with Gasteiger partial charge in [-0.15, -0.1) is 0 Å². The summed E-state index contributed by atoms with van der Waals surface area (Å²) in [4.78, 5) is 0. The van der Waals surface area contributed by atoms with Crippen LogP contribution >= 0.6 is 15.9 Å². The summed E-state index contributed by atoms with van der Waals surface area (Å²) in [6, 6.07) is 3.91. The molecule has 1 rings (SSSR count). The topological polar surface area (TPSA) is 12.0 Å². The Bertz CT molecular complexity index is 361. The van der Waals surface area contributed by atoms with Crippen LogP contribution in [0.4, 0.5) is 13.2 Å². The molecule has 1 aromatic carbocycles. The third-order valence-electron chi connectivity index (χ3n) is 2.07. The molecule has 0 bridgehead atoms. The smallest absolute Gasteiger partial charge is 0.310 e. The van der Waals surface area contributed by atoms with Crippen molar-refractivity contribution >= 4 is 15.9 Å². The molecule has 0 aliphatic carbocycles. The zero-order chi connectivity index (χ0) is 12.3. The van der Waals surface area contributed by atoms with E-state index in [1.165, 1.54) is 12.1 Å². The molecule has 0 saturated heterocycles. The Hall–Kier alpha value is -0.550. The van der Waals surface area contributed by atoms with Crippen LogP contribution in [0.25, 0.3) is 0 Å². The number of halogens is 4. The van der Waals surface area contributed by atoms with Crippen LogP contribution in [0, 0.1) is 0 Å². The van der Waals surface area contributed by atoms with Gasteiger partial charge in [0.05, 0.1) is 5.56 Å². The van der Waals surface area contributed by atoms with Crippen LogP contribution in [0.1, 0.15) is 25.0 Å². The summed E-state index contributed by atoms with van der Waals surface area (Å²) in [7, 11) is 0. The van der Waals surface area contributed by atoms with E-state index in [-0.39, 0.29) is 6.04 Å². The summed E-state index contributed by atoms with van der Waals surface area (Å²) < 4.78 is 38.1. The van der Waals surface area contributed by atoms with Crippen molar-refractivity contribution in [1.29, 1.82) is 0 Å². The molecule has 0 atom stereocenters. The Labute approximate surface area is 101 Å². The van der Waals surface area contributed by atoms with Gasteiger partial charge in [-0.05, 0) is 23.8 Å². The monoisotopic (exact) mass is 295 g/mol. The van der Waals surface area contributed by atoms with Gasteiger partial charge >= 0.3 is 6.18 Å². The van der Waals surface area contributed by atoms with Gasteiger partial charge in [0.1, 0.15) is 0 Å². The highest BCUT2D eigenvalue weighted by molar-refractivity contribution is 9.10. The van der Waals surface area contributed by atoms with Gasteiger partial charge in [0.25, 0.3) is 0 Å². The Kier molecular flexibility index (Phi) is 4.38. The maximum atomic E-state index is 12.5.